The molecule has 0 spiro atoms. The molecule has 27 heavy (non-hydrogen) atoms. The maximum absolute atomic E-state index is 12.5. The second-order valence-electron chi connectivity index (χ2n) is 5.73. The van der Waals surface area contributed by atoms with Gasteiger partial charge in [-0.1, -0.05) is 54.1 Å². The van der Waals surface area contributed by atoms with Crippen molar-refractivity contribution in [1.82, 2.24) is 16.0 Å². The number of imide groups is 2. The molecule has 2 aromatic rings. The van der Waals surface area contributed by atoms with Crippen LogP contribution in [0, 0.1) is 0 Å². The Balaban J connectivity index is 1.91. The molecular weight excluding hydrogens is 370 g/mol. The fourth-order valence-corrected chi connectivity index (χ4v) is 2.76. The summed E-state index contributed by atoms with van der Waals surface area (Å²) in [5.74, 6) is -2.56. The van der Waals surface area contributed by atoms with E-state index in [0.29, 0.717) is 10.6 Å². The molecule has 0 radical (unpaired) electrons. The first-order valence-electron chi connectivity index (χ1n) is 7.90. The van der Waals surface area contributed by atoms with Gasteiger partial charge in [-0.2, -0.15) is 0 Å². The van der Waals surface area contributed by atoms with E-state index in [0.717, 1.165) is 0 Å². The third-order valence-electron chi connectivity index (χ3n) is 3.95. The molecule has 0 aliphatic carbocycles. The number of hydrogen-bond acceptors (Lipinski definition) is 4. The number of halogens is 1. The number of rotatable bonds is 4. The van der Waals surface area contributed by atoms with Crippen LogP contribution in [0.3, 0.4) is 0 Å². The number of nitrogens with one attached hydrogen (secondary N) is 3. The Hall–Kier alpha value is -3.45. The molecule has 136 valence electrons. The molecular formula is C19H14ClN3O4. The Kier molecular flexibility index (Phi) is 5.05. The summed E-state index contributed by atoms with van der Waals surface area (Å²) in [6.45, 7) is 0. The van der Waals surface area contributed by atoms with Crippen LogP contribution in [0.15, 0.2) is 60.7 Å². The van der Waals surface area contributed by atoms with Gasteiger partial charge in [0.25, 0.3) is 11.8 Å². The molecule has 8 heteroatoms. The number of amides is 5. The van der Waals surface area contributed by atoms with Gasteiger partial charge in [-0.25, -0.2) is 4.79 Å². The average Bonchev–Trinajstić information content (AvgIpc) is 2.65. The number of barbiturate groups is 1. The van der Waals surface area contributed by atoms with Crippen LogP contribution < -0.4 is 16.0 Å². The van der Waals surface area contributed by atoms with E-state index in [-0.39, 0.29) is 5.56 Å². The van der Waals surface area contributed by atoms with Gasteiger partial charge < -0.3 is 5.32 Å². The summed E-state index contributed by atoms with van der Waals surface area (Å²) in [7, 11) is 0. The lowest BCUT2D eigenvalue weighted by Gasteiger charge is -2.34. The molecule has 0 saturated carbocycles. The van der Waals surface area contributed by atoms with Gasteiger partial charge in [-0.05, 0) is 29.3 Å². The summed E-state index contributed by atoms with van der Waals surface area (Å²) in [4.78, 5) is 48.9. The molecule has 1 aliphatic heterocycles. The molecule has 7 nitrogen and oxygen atoms in total. The molecule has 0 aromatic heterocycles. The van der Waals surface area contributed by atoms with Crippen molar-refractivity contribution in [2.75, 3.05) is 0 Å². The second kappa shape index (κ2) is 7.43. The Morgan fingerprint density at radius 2 is 1.52 bits per heavy atom. The van der Waals surface area contributed by atoms with E-state index >= 15 is 0 Å². The number of benzene rings is 2. The Morgan fingerprint density at radius 1 is 0.926 bits per heavy atom. The maximum Gasteiger partial charge on any atom is 0.328 e. The van der Waals surface area contributed by atoms with Crippen molar-refractivity contribution in [1.29, 1.82) is 0 Å². The van der Waals surface area contributed by atoms with Gasteiger partial charge in [0.2, 0.25) is 11.4 Å². The molecule has 5 amide bonds. The highest BCUT2D eigenvalue weighted by molar-refractivity contribution is 6.30. The molecule has 1 aliphatic rings. The SMILES string of the molecule is O=C(/C=C/c1ccc(Cl)cc1)NC1(c2ccccc2)C(=O)NC(=O)NC1=O. The molecule has 1 fully saturated rings. The van der Waals surface area contributed by atoms with Crippen LogP contribution in [0.25, 0.3) is 6.08 Å². The normalized spacial score (nSPS) is 16.0. The van der Waals surface area contributed by atoms with Crippen LogP contribution in [0.1, 0.15) is 11.1 Å². The van der Waals surface area contributed by atoms with Crippen molar-refractivity contribution in [3.05, 3.63) is 76.8 Å². The van der Waals surface area contributed by atoms with E-state index < -0.39 is 29.3 Å². The molecule has 0 bridgehead atoms. The third kappa shape index (κ3) is 3.73. The van der Waals surface area contributed by atoms with E-state index in [2.05, 4.69) is 5.32 Å². The number of carbonyl (C=O) groups is 4. The number of urea groups is 1. The van der Waals surface area contributed by atoms with Crippen LogP contribution in [0.4, 0.5) is 4.79 Å². The lowest BCUT2D eigenvalue weighted by Crippen LogP contribution is -2.71. The first kappa shape index (κ1) is 18.3. The topological polar surface area (TPSA) is 104 Å². The van der Waals surface area contributed by atoms with Crippen molar-refractivity contribution in [2.45, 2.75) is 5.54 Å². The highest BCUT2D eigenvalue weighted by atomic mass is 35.5. The summed E-state index contributed by atoms with van der Waals surface area (Å²) in [6, 6.07) is 13.8. The molecule has 0 unspecified atom stereocenters. The number of hydrogen-bond donors (Lipinski definition) is 3. The minimum Gasteiger partial charge on any atom is -0.327 e. The van der Waals surface area contributed by atoms with Gasteiger partial charge in [-0.3, -0.25) is 25.0 Å². The highest BCUT2D eigenvalue weighted by Crippen LogP contribution is 2.24. The first-order chi connectivity index (χ1) is 12.9. The van der Waals surface area contributed by atoms with Crippen LogP contribution >= 0.6 is 11.6 Å². The van der Waals surface area contributed by atoms with E-state index in [4.69, 9.17) is 11.6 Å². The van der Waals surface area contributed by atoms with Gasteiger partial charge in [0.15, 0.2) is 0 Å². The van der Waals surface area contributed by atoms with Crippen LogP contribution in [0.5, 0.6) is 0 Å². The van der Waals surface area contributed by atoms with Crippen molar-refractivity contribution in [2.24, 2.45) is 0 Å². The van der Waals surface area contributed by atoms with Crippen molar-refractivity contribution >= 4 is 41.4 Å². The summed E-state index contributed by atoms with van der Waals surface area (Å²) >= 11 is 5.81. The smallest absolute Gasteiger partial charge is 0.327 e. The minimum atomic E-state index is -2.06. The highest BCUT2D eigenvalue weighted by Gasteiger charge is 2.52. The standard InChI is InChI=1S/C19H14ClN3O4/c20-14-9-6-12(7-10-14)8-11-15(24)23-19(13-4-2-1-3-5-13)16(25)21-18(27)22-17(19)26/h1-11H,(H,23,24)(H2,21,22,25,26,27)/b11-8+. The zero-order chi connectivity index (χ0) is 19.4. The maximum atomic E-state index is 12.5. The van der Waals surface area contributed by atoms with Gasteiger partial charge in [0.05, 0.1) is 0 Å². The average molecular weight is 384 g/mol. The Bertz CT molecular complexity index is 919. The Morgan fingerprint density at radius 3 is 2.11 bits per heavy atom. The van der Waals surface area contributed by atoms with Crippen LogP contribution in [-0.4, -0.2) is 23.8 Å². The zero-order valence-corrected chi connectivity index (χ0v) is 14.6. The van der Waals surface area contributed by atoms with Crippen LogP contribution in [-0.2, 0) is 19.9 Å². The predicted molar refractivity (Wildman–Crippen MR) is 98.4 cm³/mol. The molecule has 1 heterocycles. The van der Waals surface area contributed by atoms with E-state index in [9.17, 15) is 19.2 Å². The number of carbonyl (C=O) groups excluding carboxylic acids is 4. The van der Waals surface area contributed by atoms with Crippen molar-refractivity contribution in [3.63, 3.8) is 0 Å². The monoisotopic (exact) mass is 383 g/mol. The molecule has 0 atom stereocenters. The minimum absolute atomic E-state index is 0.223. The van der Waals surface area contributed by atoms with Crippen LogP contribution in [0.2, 0.25) is 5.02 Å². The second-order valence-corrected chi connectivity index (χ2v) is 6.16. The fourth-order valence-electron chi connectivity index (χ4n) is 2.64. The lowest BCUT2D eigenvalue weighted by molar-refractivity contribution is -0.143. The third-order valence-corrected chi connectivity index (χ3v) is 4.20. The van der Waals surface area contributed by atoms with Gasteiger partial charge >= 0.3 is 6.03 Å². The zero-order valence-electron chi connectivity index (χ0n) is 13.9. The quantitative estimate of drug-likeness (QED) is 0.552. The van der Waals surface area contributed by atoms with Crippen molar-refractivity contribution in [3.8, 4) is 0 Å². The van der Waals surface area contributed by atoms with E-state index in [1.54, 1.807) is 42.5 Å². The summed E-state index contributed by atoms with van der Waals surface area (Å²) in [5, 5.41) is 7.02. The van der Waals surface area contributed by atoms with E-state index in [1.165, 1.54) is 24.3 Å². The molecule has 2 aromatic carbocycles. The summed E-state index contributed by atoms with van der Waals surface area (Å²) in [5.41, 5.74) is -1.13. The fraction of sp³-hybridized carbons (Fsp3) is 0.0526. The lowest BCUT2D eigenvalue weighted by atomic mass is 9.86. The molecule has 3 N–H and O–H groups in total. The van der Waals surface area contributed by atoms with Gasteiger partial charge in [-0.15, -0.1) is 0 Å². The largest absolute Gasteiger partial charge is 0.328 e. The van der Waals surface area contributed by atoms with Gasteiger partial charge in [0.1, 0.15) is 0 Å². The predicted octanol–water partition coefficient (Wildman–Crippen LogP) is 1.73. The van der Waals surface area contributed by atoms with Gasteiger partial charge in [0, 0.05) is 11.1 Å². The summed E-state index contributed by atoms with van der Waals surface area (Å²) in [6.07, 6.45) is 2.69. The molecule has 3 rings (SSSR count). The molecule has 1 saturated heterocycles. The Labute approximate surface area is 159 Å². The van der Waals surface area contributed by atoms with E-state index in [1.807, 2.05) is 10.6 Å². The summed E-state index contributed by atoms with van der Waals surface area (Å²) < 4.78 is 0. The van der Waals surface area contributed by atoms with Crippen molar-refractivity contribution < 1.29 is 19.2 Å². The first-order valence-corrected chi connectivity index (χ1v) is 8.28.